The van der Waals surface area contributed by atoms with Crippen molar-refractivity contribution in [3.8, 4) is 0 Å². The van der Waals surface area contributed by atoms with Crippen LogP contribution in [0.1, 0.15) is 19.8 Å². The van der Waals surface area contributed by atoms with Gasteiger partial charge in [0, 0.05) is 13.1 Å². The molecule has 0 bridgehead atoms. The zero-order valence-electron chi connectivity index (χ0n) is 8.49. The summed E-state index contributed by atoms with van der Waals surface area (Å²) in [5.41, 5.74) is 0. The van der Waals surface area contributed by atoms with Crippen LogP contribution < -0.4 is 10.6 Å². The van der Waals surface area contributed by atoms with Crippen LogP contribution in [0.3, 0.4) is 0 Å². The second-order valence-corrected chi connectivity index (χ2v) is 4.57. The second kappa shape index (κ2) is 3.87. The summed E-state index contributed by atoms with van der Waals surface area (Å²) in [5, 5.41) is 15.2. The molecule has 1 saturated carbocycles. The van der Waals surface area contributed by atoms with Crippen LogP contribution in [-0.2, 0) is 4.79 Å². The molecule has 3 N–H and O–H groups in total. The molecule has 0 radical (unpaired) electrons. The molecule has 80 valence electrons. The standard InChI is InChI=1S/C10H18N2O2/c1-6-2-7(6)4-12-10(14)9-3-8(13)5-11-9/h6-9,11,13H,2-5H2,1H3,(H,12,14). The molecule has 1 aliphatic carbocycles. The van der Waals surface area contributed by atoms with Crippen LogP contribution in [0.5, 0.6) is 0 Å². The van der Waals surface area contributed by atoms with Gasteiger partial charge in [-0.3, -0.25) is 4.79 Å². The Labute approximate surface area is 84.1 Å². The van der Waals surface area contributed by atoms with E-state index in [-0.39, 0.29) is 18.1 Å². The SMILES string of the molecule is CC1CC1CNC(=O)C1CC(O)CN1. The largest absolute Gasteiger partial charge is 0.392 e. The minimum Gasteiger partial charge on any atom is -0.392 e. The Morgan fingerprint density at radius 2 is 2.29 bits per heavy atom. The Hall–Kier alpha value is -0.610. The van der Waals surface area contributed by atoms with Crippen molar-refractivity contribution in [3.05, 3.63) is 0 Å². The van der Waals surface area contributed by atoms with Gasteiger partial charge in [-0.05, 0) is 24.7 Å². The second-order valence-electron chi connectivity index (χ2n) is 4.57. The van der Waals surface area contributed by atoms with Gasteiger partial charge in [0.1, 0.15) is 0 Å². The van der Waals surface area contributed by atoms with Gasteiger partial charge in [-0.1, -0.05) is 6.92 Å². The molecule has 2 aliphatic rings. The lowest BCUT2D eigenvalue weighted by Gasteiger charge is -2.10. The van der Waals surface area contributed by atoms with Crippen LogP contribution >= 0.6 is 0 Å². The number of aliphatic hydroxyl groups is 1. The quantitative estimate of drug-likeness (QED) is 0.572. The van der Waals surface area contributed by atoms with Crippen molar-refractivity contribution in [2.75, 3.05) is 13.1 Å². The van der Waals surface area contributed by atoms with E-state index < -0.39 is 0 Å². The van der Waals surface area contributed by atoms with E-state index in [1.165, 1.54) is 6.42 Å². The van der Waals surface area contributed by atoms with Gasteiger partial charge in [-0.15, -0.1) is 0 Å². The predicted molar refractivity (Wildman–Crippen MR) is 52.7 cm³/mol. The van der Waals surface area contributed by atoms with Crippen LogP contribution in [0.2, 0.25) is 0 Å². The van der Waals surface area contributed by atoms with Gasteiger partial charge in [0.15, 0.2) is 0 Å². The lowest BCUT2D eigenvalue weighted by molar-refractivity contribution is -0.123. The summed E-state index contributed by atoms with van der Waals surface area (Å²) in [5.74, 6) is 1.50. The third kappa shape index (κ3) is 2.25. The van der Waals surface area contributed by atoms with Crippen molar-refractivity contribution in [1.82, 2.24) is 10.6 Å². The number of aliphatic hydroxyl groups excluding tert-OH is 1. The summed E-state index contributed by atoms with van der Waals surface area (Å²) in [6, 6.07) is -0.181. The number of hydrogen-bond donors (Lipinski definition) is 3. The molecule has 1 saturated heterocycles. The maximum atomic E-state index is 11.5. The van der Waals surface area contributed by atoms with E-state index in [0.29, 0.717) is 18.9 Å². The molecule has 4 heteroatoms. The number of nitrogens with one attached hydrogen (secondary N) is 2. The summed E-state index contributed by atoms with van der Waals surface area (Å²) in [7, 11) is 0. The summed E-state index contributed by atoms with van der Waals surface area (Å²) in [6.45, 7) is 3.54. The van der Waals surface area contributed by atoms with Gasteiger partial charge >= 0.3 is 0 Å². The Morgan fingerprint density at radius 1 is 1.57 bits per heavy atom. The van der Waals surface area contributed by atoms with Gasteiger partial charge in [0.25, 0.3) is 0 Å². The molecule has 1 aliphatic heterocycles. The fraction of sp³-hybridized carbons (Fsp3) is 0.900. The number of amides is 1. The molecule has 4 nitrogen and oxygen atoms in total. The molecular weight excluding hydrogens is 180 g/mol. The lowest BCUT2D eigenvalue weighted by Crippen LogP contribution is -2.41. The molecule has 4 atom stereocenters. The Bertz CT molecular complexity index is 232. The lowest BCUT2D eigenvalue weighted by atomic mass is 10.2. The maximum absolute atomic E-state index is 11.5. The maximum Gasteiger partial charge on any atom is 0.237 e. The minimum absolute atomic E-state index is 0.0423. The van der Waals surface area contributed by atoms with Crippen LogP contribution in [0, 0.1) is 11.8 Å². The molecule has 0 spiro atoms. The molecule has 0 aromatic carbocycles. The van der Waals surface area contributed by atoms with Crippen LogP contribution in [0.4, 0.5) is 0 Å². The van der Waals surface area contributed by atoms with Crippen molar-refractivity contribution in [2.24, 2.45) is 11.8 Å². The van der Waals surface area contributed by atoms with E-state index in [1.807, 2.05) is 0 Å². The van der Waals surface area contributed by atoms with Gasteiger partial charge in [0.2, 0.25) is 5.91 Å². The summed E-state index contributed by atoms with van der Waals surface area (Å²) in [4.78, 5) is 11.5. The highest BCUT2D eigenvalue weighted by atomic mass is 16.3. The van der Waals surface area contributed by atoms with Crippen molar-refractivity contribution >= 4 is 5.91 Å². The van der Waals surface area contributed by atoms with E-state index in [1.54, 1.807) is 0 Å². The van der Waals surface area contributed by atoms with Gasteiger partial charge in [-0.25, -0.2) is 0 Å². The molecule has 1 amide bonds. The highest BCUT2D eigenvalue weighted by Gasteiger charge is 2.34. The topological polar surface area (TPSA) is 61.4 Å². The number of hydrogen-bond acceptors (Lipinski definition) is 3. The van der Waals surface area contributed by atoms with E-state index in [2.05, 4.69) is 17.6 Å². The first kappa shape index (κ1) is 9.93. The zero-order chi connectivity index (χ0) is 10.1. The van der Waals surface area contributed by atoms with Crippen molar-refractivity contribution < 1.29 is 9.90 Å². The summed E-state index contributed by atoms with van der Waals surface area (Å²) < 4.78 is 0. The molecule has 2 rings (SSSR count). The molecule has 0 aromatic rings. The van der Waals surface area contributed by atoms with Gasteiger partial charge in [-0.2, -0.15) is 0 Å². The third-order valence-corrected chi connectivity index (χ3v) is 3.24. The van der Waals surface area contributed by atoms with Crippen molar-refractivity contribution in [2.45, 2.75) is 31.9 Å². The van der Waals surface area contributed by atoms with Crippen LogP contribution in [-0.4, -0.2) is 36.2 Å². The van der Waals surface area contributed by atoms with Gasteiger partial charge < -0.3 is 15.7 Å². The van der Waals surface area contributed by atoms with E-state index >= 15 is 0 Å². The Morgan fingerprint density at radius 3 is 2.79 bits per heavy atom. The first-order valence-electron chi connectivity index (χ1n) is 5.36. The highest BCUT2D eigenvalue weighted by Crippen LogP contribution is 2.36. The first-order valence-corrected chi connectivity index (χ1v) is 5.36. The van der Waals surface area contributed by atoms with Crippen LogP contribution in [0.15, 0.2) is 0 Å². The summed E-state index contributed by atoms with van der Waals surface area (Å²) in [6.07, 6.45) is 1.43. The number of carbonyl (C=O) groups excluding carboxylic acids is 1. The fourth-order valence-corrected chi connectivity index (χ4v) is 1.96. The van der Waals surface area contributed by atoms with E-state index in [0.717, 1.165) is 12.5 Å². The first-order chi connectivity index (χ1) is 6.66. The van der Waals surface area contributed by atoms with E-state index in [9.17, 15) is 9.90 Å². The third-order valence-electron chi connectivity index (χ3n) is 3.24. The predicted octanol–water partition coefficient (Wildman–Crippen LogP) is -0.519. The average Bonchev–Trinajstić information content (AvgIpc) is 2.66. The fourth-order valence-electron chi connectivity index (χ4n) is 1.96. The normalized spacial score (nSPS) is 41.0. The molecule has 1 heterocycles. The Kier molecular flexibility index (Phi) is 2.74. The molecular formula is C10H18N2O2. The number of β-amino-alcohol motifs (C(OH)–C–C–N with tert-alkyl or cyclic N) is 1. The zero-order valence-corrected chi connectivity index (χ0v) is 8.49. The minimum atomic E-state index is -0.356. The Balaban J connectivity index is 1.68. The highest BCUT2D eigenvalue weighted by molar-refractivity contribution is 5.82. The smallest absolute Gasteiger partial charge is 0.237 e. The number of rotatable bonds is 3. The monoisotopic (exact) mass is 198 g/mol. The van der Waals surface area contributed by atoms with Crippen molar-refractivity contribution in [1.29, 1.82) is 0 Å². The molecule has 4 unspecified atom stereocenters. The molecule has 14 heavy (non-hydrogen) atoms. The average molecular weight is 198 g/mol. The number of carbonyl (C=O) groups is 1. The van der Waals surface area contributed by atoms with Crippen LogP contribution in [0.25, 0.3) is 0 Å². The molecule has 2 fully saturated rings. The van der Waals surface area contributed by atoms with Crippen molar-refractivity contribution in [3.63, 3.8) is 0 Å². The van der Waals surface area contributed by atoms with E-state index in [4.69, 9.17) is 0 Å². The summed E-state index contributed by atoms with van der Waals surface area (Å²) >= 11 is 0. The molecule has 0 aromatic heterocycles. The van der Waals surface area contributed by atoms with Gasteiger partial charge in [0.05, 0.1) is 12.1 Å².